The summed E-state index contributed by atoms with van der Waals surface area (Å²) in [6, 6.07) is 13.1. The number of carbonyl (C=O) groups excluding carboxylic acids is 1. The van der Waals surface area contributed by atoms with Crippen molar-refractivity contribution in [3.63, 3.8) is 0 Å². The number of aliphatic hydroxyl groups is 2. The predicted molar refractivity (Wildman–Crippen MR) is 209 cm³/mol. The summed E-state index contributed by atoms with van der Waals surface area (Å²) in [7, 11) is -4.92. The van der Waals surface area contributed by atoms with Gasteiger partial charge in [-0.05, 0) is 30.7 Å². The quantitative estimate of drug-likeness (QED) is 0.0338. The molecule has 0 spiro atoms. The fraction of sp³-hybridized carbons (Fsp3) is 0.650. The Balaban J connectivity index is 1.18. The van der Waals surface area contributed by atoms with Crippen molar-refractivity contribution in [2.45, 2.75) is 133 Å². The minimum absolute atomic E-state index is 0.0543. The van der Waals surface area contributed by atoms with E-state index in [9.17, 15) is 29.7 Å². The van der Waals surface area contributed by atoms with Gasteiger partial charge in [0.25, 0.3) is 0 Å². The number of phosphoric acid groups is 1. The number of fused-ring (bicyclic) bond motifs is 1. The molecule has 16 heteroatoms. The average Bonchev–Trinajstić information content (AvgIpc) is 3.75. The van der Waals surface area contributed by atoms with Crippen molar-refractivity contribution < 1.29 is 47.7 Å². The summed E-state index contributed by atoms with van der Waals surface area (Å²) in [5, 5.41) is 36.7. The van der Waals surface area contributed by atoms with E-state index in [1.807, 2.05) is 6.07 Å². The Kier molecular flexibility index (Phi) is 18.6. The molecule has 1 unspecified atom stereocenters. The summed E-state index contributed by atoms with van der Waals surface area (Å²) in [5.41, 5.74) is 2.13. The van der Waals surface area contributed by atoms with E-state index >= 15 is 0 Å². The van der Waals surface area contributed by atoms with Crippen molar-refractivity contribution in [3.8, 4) is 6.07 Å². The number of benzene rings is 1. The lowest BCUT2D eigenvalue weighted by atomic mass is 9.86. The van der Waals surface area contributed by atoms with Gasteiger partial charge in [0.2, 0.25) is 5.60 Å². The topological polar surface area (TPSA) is 221 Å². The van der Waals surface area contributed by atoms with Gasteiger partial charge in [-0.3, -0.25) is 9.05 Å². The Morgan fingerprint density at radius 1 is 0.964 bits per heavy atom. The number of ether oxygens (including phenoxy) is 3. The number of phosphoric ester groups is 1. The first-order valence-corrected chi connectivity index (χ1v) is 21.5. The molecule has 1 saturated heterocycles. The number of nitrogen functional groups attached to an aromatic ring is 1. The normalized spacial score (nSPS) is 21.2. The Labute approximate surface area is 330 Å². The molecule has 0 radical (unpaired) electrons. The van der Waals surface area contributed by atoms with Crippen LogP contribution in [0, 0.1) is 11.3 Å². The lowest BCUT2D eigenvalue weighted by molar-refractivity contribution is -0.0915. The predicted octanol–water partition coefficient (Wildman–Crippen LogP) is 6.79. The minimum Gasteiger partial charge on any atom is -0.454 e. The third-order valence-corrected chi connectivity index (χ3v) is 11.0. The number of aliphatic hydroxyl groups excluding tert-OH is 1. The second-order valence-corrected chi connectivity index (χ2v) is 16.1. The molecule has 15 nitrogen and oxygen atoms in total. The Morgan fingerprint density at radius 2 is 1.57 bits per heavy atom. The zero-order valence-electron chi connectivity index (χ0n) is 32.6. The van der Waals surface area contributed by atoms with Crippen molar-refractivity contribution in [2.24, 2.45) is 0 Å². The van der Waals surface area contributed by atoms with Crippen molar-refractivity contribution >= 4 is 25.1 Å². The standard InChI is InChI=1S/C40H60N5O10P/c1-2-3-4-5-6-7-8-9-10-11-12-13-14-15-16-20-25-51-26-33(55-37(46)32-21-18-17-19-22-32)27-53-56(49,50)54-30-39(48)29-52-40(28-41,38(39)47)35-24-23-34-36(42)43-31-44-45(34)35/h17-19,21-24,31,33,38,47-48H,2-16,20,25-27,29-30H2,1H3,(H,49,50)(H2,42,43,44)/t33-,38-,39-,40+/m1/s1. The van der Waals surface area contributed by atoms with E-state index in [1.165, 1.54) is 100 Å². The zero-order valence-corrected chi connectivity index (χ0v) is 33.5. The third-order valence-electron chi connectivity index (χ3n) is 10.1. The molecule has 1 aliphatic rings. The summed E-state index contributed by atoms with van der Waals surface area (Å²) in [5.74, 6) is -0.556. The van der Waals surface area contributed by atoms with Gasteiger partial charge in [-0.1, -0.05) is 121 Å². The number of hydrogen-bond acceptors (Lipinski definition) is 13. The SMILES string of the molecule is CCCCCCCCCCCCCCCCCCOC[C@H](COP(=O)(O)OC[C@]1(O)CO[C@@](C#N)(c2ccc3c(N)ncnn23)[C@@H]1O)OC(=O)c1ccccc1. The molecule has 2 aromatic heterocycles. The summed E-state index contributed by atoms with van der Waals surface area (Å²) >= 11 is 0. The molecule has 1 fully saturated rings. The highest BCUT2D eigenvalue weighted by Gasteiger charge is 2.61. The van der Waals surface area contributed by atoms with E-state index in [-0.39, 0.29) is 23.7 Å². The van der Waals surface area contributed by atoms with Gasteiger partial charge >= 0.3 is 13.8 Å². The molecule has 4 rings (SSSR count). The van der Waals surface area contributed by atoms with Crippen molar-refractivity contribution in [1.29, 1.82) is 5.26 Å². The van der Waals surface area contributed by atoms with Crippen LogP contribution in [0.15, 0.2) is 48.8 Å². The Hall–Kier alpha value is -3.45. The summed E-state index contributed by atoms with van der Waals surface area (Å²) < 4.78 is 41.5. The lowest BCUT2D eigenvalue weighted by Crippen LogP contribution is -2.51. The molecule has 5 N–H and O–H groups in total. The molecule has 56 heavy (non-hydrogen) atoms. The number of aromatic nitrogens is 3. The molecule has 0 aliphatic carbocycles. The minimum atomic E-state index is -4.92. The average molecular weight is 802 g/mol. The smallest absolute Gasteiger partial charge is 0.454 e. The summed E-state index contributed by atoms with van der Waals surface area (Å²) in [6.45, 7) is 0.407. The van der Waals surface area contributed by atoms with Crippen LogP contribution >= 0.6 is 7.82 Å². The number of nitrogens with two attached hydrogens (primary N) is 1. The summed E-state index contributed by atoms with van der Waals surface area (Å²) in [4.78, 5) is 27.3. The first-order chi connectivity index (χ1) is 27.0. The summed E-state index contributed by atoms with van der Waals surface area (Å²) in [6.07, 6.45) is 18.2. The fourth-order valence-corrected chi connectivity index (χ4v) is 7.60. The second-order valence-electron chi connectivity index (χ2n) is 14.6. The van der Waals surface area contributed by atoms with Gasteiger partial charge < -0.3 is 35.1 Å². The molecular weight excluding hydrogens is 741 g/mol. The monoisotopic (exact) mass is 801 g/mol. The number of carbonyl (C=O) groups is 1. The molecule has 0 saturated carbocycles. The van der Waals surface area contributed by atoms with Crippen LogP contribution in [0.2, 0.25) is 0 Å². The van der Waals surface area contributed by atoms with Crippen LogP contribution in [0.25, 0.3) is 5.52 Å². The van der Waals surface area contributed by atoms with Crippen LogP contribution in [0.4, 0.5) is 5.82 Å². The van der Waals surface area contributed by atoms with E-state index in [4.69, 9.17) is 29.0 Å². The molecule has 3 aromatic rings. The molecular formula is C40H60N5O10P. The number of nitrogens with zero attached hydrogens (tertiary/aromatic N) is 4. The van der Waals surface area contributed by atoms with E-state index in [2.05, 4.69) is 17.0 Å². The maximum atomic E-state index is 13.0. The molecule has 1 aliphatic heterocycles. The van der Waals surface area contributed by atoms with Crippen molar-refractivity contribution in [3.05, 3.63) is 60.0 Å². The highest BCUT2D eigenvalue weighted by Crippen LogP contribution is 2.47. The highest BCUT2D eigenvalue weighted by atomic mass is 31.2. The van der Waals surface area contributed by atoms with Gasteiger partial charge in [0.1, 0.15) is 35.7 Å². The number of esters is 1. The van der Waals surface area contributed by atoms with Gasteiger partial charge in [-0.2, -0.15) is 10.4 Å². The highest BCUT2D eigenvalue weighted by molar-refractivity contribution is 7.47. The van der Waals surface area contributed by atoms with Gasteiger partial charge in [0.05, 0.1) is 37.7 Å². The molecule has 310 valence electrons. The molecule has 1 aromatic carbocycles. The van der Waals surface area contributed by atoms with Gasteiger partial charge in [-0.15, -0.1) is 0 Å². The number of anilines is 1. The van der Waals surface area contributed by atoms with Crippen LogP contribution in [-0.2, 0) is 33.4 Å². The number of unbranched alkanes of at least 4 members (excludes halogenated alkanes) is 15. The van der Waals surface area contributed by atoms with Gasteiger partial charge in [-0.25, -0.2) is 18.9 Å². The lowest BCUT2D eigenvalue weighted by Gasteiger charge is -2.30. The largest absolute Gasteiger partial charge is 0.472 e. The molecule has 3 heterocycles. The fourth-order valence-electron chi connectivity index (χ4n) is 6.78. The Bertz CT molecular complexity index is 1710. The van der Waals surface area contributed by atoms with Crippen LogP contribution in [0.3, 0.4) is 0 Å². The first kappa shape index (κ1) is 45.3. The van der Waals surface area contributed by atoms with Crippen molar-refractivity contribution in [2.75, 3.05) is 38.8 Å². The van der Waals surface area contributed by atoms with Crippen LogP contribution in [0.5, 0.6) is 0 Å². The van der Waals surface area contributed by atoms with E-state index in [1.54, 1.807) is 30.3 Å². The van der Waals surface area contributed by atoms with Crippen LogP contribution < -0.4 is 5.73 Å². The number of nitriles is 1. The number of hydrogen-bond donors (Lipinski definition) is 4. The van der Waals surface area contributed by atoms with Crippen molar-refractivity contribution in [1.82, 2.24) is 14.6 Å². The van der Waals surface area contributed by atoms with E-state index < -0.39 is 57.0 Å². The molecule has 0 bridgehead atoms. The number of rotatable bonds is 28. The first-order valence-electron chi connectivity index (χ1n) is 20.0. The maximum absolute atomic E-state index is 13.0. The third kappa shape index (κ3) is 13.3. The molecule has 5 atom stereocenters. The Morgan fingerprint density at radius 3 is 2.18 bits per heavy atom. The second kappa shape index (κ2) is 23.1. The van der Waals surface area contributed by atoms with Crippen LogP contribution in [-0.4, -0.2) is 86.5 Å². The van der Waals surface area contributed by atoms with Crippen LogP contribution in [0.1, 0.15) is 126 Å². The van der Waals surface area contributed by atoms with Gasteiger partial charge in [0, 0.05) is 6.61 Å². The van der Waals surface area contributed by atoms with E-state index in [0.717, 1.165) is 25.6 Å². The van der Waals surface area contributed by atoms with Gasteiger partial charge in [0.15, 0.2) is 5.82 Å². The van der Waals surface area contributed by atoms with E-state index in [0.29, 0.717) is 12.1 Å². The maximum Gasteiger partial charge on any atom is 0.472 e. The molecule has 0 amide bonds. The zero-order chi connectivity index (χ0) is 40.3.